The summed E-state index contributed by atoms with van der Waals surface area (Å²) >= 11 is 0. The van der Waals surface area contributed by atoms with Crippen LogP contribution in [-0.2, 0) is 6.54 Å². The molecule has 0 aliphatic rings. The second-order valence-electron chi connectivity index (χ2n) is 4.34. The Labute approximate surface area is 116 Å². The maximum absolute atomic E-state index is 12.1. The molecule has 0 aromatic heterocycles. The fraction of sp³-hybridized carbons (Fsp3) is 0.133. The van der Waals surface area contributed by atoms with E-state index in [0.717, 1.165) is 5.56 Å². The fourth-order valence-corrected chi connectivity index (χ4v) is 1.88. The number of rotatable bonds is 4. The maximum Gasteiger partial charge on any atom is 0.259 e. The molecule has 1 amide bonds. The molecular formula is C15H16N2O3. The van der Waals surface area contributed by atoms with Gasteiger partial charge in [-0.2, -0.15) is 0 Å². The van der Waals surface area contributed by atoms with E-state index >= 15 is 0 Å². The van der Waals surface area contributed by atoms with Gasteiger partial charge in [0.25, 0.3) is 5.91 Å². The minimum absolute atomic E-state index is 0.0317. The van der Waals surface area contributed by atoms with E-state index < -0.39 is 5.91 Å². The Morgan fingerprint density at radius 1 is 1.15 bits per heavy atom. The van der Waals surface area contributed by atoms with Crippen molar-refractivity contribution in [3.63, 3.8) is 0 Å². The first-order valence-corrected chi connectivity index (χ1v) is 6.17. The van der Waals surface area contributed by atoms with Crippen LogP contribution in [0.1, 0.15) is 15.9 Å². The molecule has 0 radical (unpaired) electrons. The quantitative estimate of drug-likeness (QED) is 0.642. The molecule has 0 aliphatic carbocycles. The lowest BCUT2D eigenvalue weighted by Crippen LogP contribution is -2.15. The summed E-state index contributed by atoms with van der Waals surface area (Å²) in [7, 11) is 1.82. The summed E-state index contributed by atoms with van der Waals surface area (Å²) in [5, 5.41) is 24.8. The molecule has 5 nitrogen and oxygen atoms in total. The molecular weight excluding hydrogens is 256 g/mol. The van der Waals surface area contributed by atoms with Gasteiger partial charge in [-0.1, -0.05) is 18.2 Å². The van der Waals surface area contributed by atoms with Gasteiger partial charge in [-0.3, -0.25) is 4.79 Å². The smallest absolute Gasteiger partial charge is 0.259 e. The van der Waals surface area contributed by atoms with Gasteiger partial charge in [0.2, 0.25) is 0 Å². The molecule has 0 atom stereocenters. The van der Waals surface area contributed by atoms with Gasteiger partial charge in [-0.15, -0.1) is 0 Å². The normalized spacial score (nSPS) is 10.2. The standard InChI is InChI=1S/C15H16N2O3/c1-16-9-10-4-2-3-5-13(10)17-15(20)12-8-11(18)6-7-14(12)19/h2-8,16,18-19H,9H2,1H3,(H,17,20). The van der Waals surface area contributed by atoms with Gasteiger partial charge in [0.15, 0.2) is 0 Å². The van der Waals surface area contributed by atoms with Crippen LogP contribution in [0.5, 0.6) is 11.5 Å². The van der Waals surface area contributed by atoms with Crippen molar-refractivity contribution in [2.24, 2.45) is 0 Å². The lowest BCUT2D eigenvalue weighted by Gasteiger charge is -2.11. The summed E-state index contributed by atoms with van der Waals surface area (Å²) in [4.78, 5) is 12.1. The van der Waals surface area contributed by atoms with Gasteiger partial charge in [0, 0.05) is 12.2 Å². The van der Waals surface area contributed by atoms with Gasteiger partial charge in [-0.25, -0.2) is 0 Å². The molecule has 5 heteroatoms. The number of hydrogen-bond donors (Lipinski definition) is 4. The van der Waals surface area contributed by atoms with Crippen molar-refractivity contribution < 1.29 is 15.0 Å². The lowest BCUT2D eigenvalue weighted by molar-refractivity contribution is 0.102. The second kappa shape index (κ2) is 6.08. The van der Waals surface area contributed by atoms with Gasteiger partial charge in [0.1, 0.15) is 11.5 Å². The molecule has 104 valence electrons. The van der Waals surface area contributed by atoms with Crippen LogP contribution in [-0.4, -0.2) is 23.2 Å². The minimum atomic E-state index is -0.470. The van der Waals surface area contributed by atoms with Gasteiger partial charge >= 0.3 is 0 Å². The summed E-state index contributed by atoms with van der Waals surface area (Å²) in [6.45, 7) is 0.614. The summed E-state index contributed by atoms with van der Waals surface area (Å²) < 4.78 is 0. The van der Waals surface area contributed by atoms with Crippen molar-refractivity contribution >= 4 is 11.6 Å². The van der Waals surface area contributed by atoms with Crippen LogP contribution in [0, 0.1) is 0 Å². The number of nitrogens with one attached hydrogen (secondary N) is 2. The predicted molar refractivity (Wildman–Crippen MR) is 76.9 cm³/mol. The second-order valence-corrected chi connectivity index (χ2v) is 4.34. The molecule has 0 heterocycles. The molecule has 2 aromatic rings. The van der Waals surface area contributed by atoms with Crippen molar-refractivity contribution in [3.05, 3.63) is 53.6 Å². The predicted octanol–water partition coefficient (Wildman–Crippen LogP) is 2.07. The van der Waals surface area contributed by atoms with E-state index in [1.165, 1.54) is 18.2 Å². The summed E-state index contributed by atoms with van der Waals surface area (Å²) in [5.41, 5.74) is 1.63. The number of benzene rings is 2. The molecule has 0 saturated heterocycles. The highest BCUT2D eigenvalue weighted by Crippen LogP contribution is 2.24. The molecule has 2 rings (SSSR count). The van der Waals surface area contributed by atoms with Crippen molar-refractivity contribution in [3.8, 4) is 11.5 Å². The highest BCUT2D eigenvalue weighted by atomic mass is 16.3. The molecule has 0 saturated carbocycles. The minimum Gasteiger partial charge on any atom is -0.508 e. The molecule has 0 fully saturated rings. The third-order valence-corrected chi connectivity index (χ3v) is 2.86. The largest absolute Gasteiger partial charge is 0.508 e. The number of carbonyl (C=O) groups excluding carboxylic acids is 1. The SMILES string of the molecule is CNCc1ccccc1NC(=O)c1cc(O)ccc1O. The van der Waals surface area contributed by atoms with Gasteiger partial charge in [-0.05, 0) is 36.9 Å². The summed E-state index contributed by atoms with van der Waals surface area (Å²) in [5.74, 6) is -0.718. The van der Waals surface area contributed by atoms with Crippen molar-refractivity contribution in [1.29, 1.82) is 0 Å². The lowest BCUT2D eigenvalue weighted by atomic mass is 10.1. The number of phenolic OH excluding ortho intramolecular Hbond substituents is 2. The summed E-state index contributed by atoms with van der Waals surface area (Å²) in [6, 6.07) is 11.2. The number of phenols is 2. The molecule has 0 spiro atoms. The Hall–Kier alpha value is -2.53. The van der Waals surface area contributed by atoms with Crippen LogP contribution in [0.4, 0.5) is 5.69 Å². The van der Waals surface area contributed by atoms with Gasteiger partial charge in [0.05, 0.1) is 5.56 Å². The maximum atomic E-state index is 12.1. The van der Waals surface area contributed by atoms with E-state index in [4.69, 9.17) is 0 Å². The zero-order chi connectivity index (χ0) is 14.5. The number of para-hydroxylation sites is 1. The molecule has 0 bridgehead atoms. The third-order valence-electron chi connectivity index (χ3n) is 2.86. The number of carbonyl (C=O) groups is 1. The topological polar surface area (TPSA) is 81.6 Å². The molecule has 20 heavy (non-hydrogen) atoms. The Morgan fingerprint density at radius 2 is 1.90 bits per heavy atom. The average Bonchev–Trinajstić information content (AvgIpc) is 2.44. The van der Waals surface area contributed by atoms with Crippen molar-refractivity contribution in [1.82, 2.24) is 5.32 Å². The molecule has 2 aromatic carbocycles. The van der Waals surface area contributed by atoms with E-state index in [2.05, 4.69) is 10.6 Å². The average molecular weight is 272 g/mol. The van der Waals surface area contributed by atoms with E-state index in [-0.39, 0.29) is 17.1 Å². The highest BCUT2D eigenvalue weighted by molar-refractivity contribution is 6.06. The first kappa shape index (κ1) is 13.9. The number of hydrogen-bond acceptors (Lipinski definition) is 4. The Morgan fingerprint density at radius 3 is 2.65 bits per heavy atom. The Kier molecular flexibility index (Phi) is 4.22. The number of amides is 1. The third kappa shape index (κ3) is 3.07. The number of anilines is 1. The highest BCUT2D eigenvalue weighted by Gasteiger charge is 2.13. The van der Waals surface area contributed by atoms with Gasteiger partial charge < -0.3 is 20.8 Å². The van der Waals surface area contributed by atoms with Crippen molar-refractivity contribution in [2.45, 2.75) is 6.54 Å². The first-order chi connectivity index (χ1) is 9.61. The van der Waals surface area contributed by atoms with E-state index in [1.54, 1.807) is 6.07 Å². The van der Waals surface area contributed by atoms with Crippen LogP contribution < -0.4 is 10.6 Å². The fourth-order valence-electron chi connectivity index (χ4n) is 1.88. The van der Waals surface area contributed by atoms with Crippen molar-refractivity contribution in [2.75, 3.05) is 12.4 Å². The summed E-state index contributed by atoms with van der Waals surface area (Å²) in [6.07, 6.45) is 0. The van der Waals surface area contributed by atoms with E-state index in [1.807, 2.05) is 25.2 Å². The first-order valence-electron chi connectivity index (χ1n) is 6.17. The zero-order valence-electron chi connectivity index (χ0n) is 11.1. The van der Waals surface area contributed by atoms with Crippen LogP contribution in [0.25, 0.3) is 0 Å². The van der Waals surface area contributed by atoms with Crippen LogP contribution in [0.2, 0.25) is 0 Å². The molecule has 0 unspecified atom stereocenters. The Balaban J connectivity index is 2.26. The molecule has 4 N–H and O–H groups in total. The zero-order valence-corrected chi connectivity index (χ0v) is 11.1. The van der Waals surface area contributed by atoms with E-state index in [0.29, 0.717) is 12.2 Å². The van der Waals surface area contributed by atoms with E-state index in [9.17, 15) is 15.0 Å². The molecule has 0 aliphatic heterocycles. The van der Waals surface area contributed by atoms with Crippen LogP contribution in [0.15, 0.2) is 42.5 Å². The van der Waals surface area contributed by atoms with Crippen LogP contribution >= 0.6 is 0 Å². The monoisotopic (exact) mass is 272 g/mol. The van der Waals surface area contributed by atoms with Crippen LogP contribution in [0.3, 0.4) is 0 Å². The Bertz CT molecular complexity index is 626. The number of aromatic hydroxyl groups is 2.